The first-order valence-corrected chi connectivity index (χ1v) is 7.60. The summed E-state index contributed by atoms with van der Waals surface area (Å²) in [5, 5.41) is 5.37. The number of carbonyl (C=O) groups excluding carboxylic acids is 1. The minimum absolute atomic E-state index is 0.0243. The van der Waals surface area contributed by atoms with Gasteiger partial charge in [0.05, 0.1) is 12.1 Å². The third kappa shape index (κ3) is 2.59. The van der Waals surface area contributed by atoms with Gasteiger partial charge in [-0.15, -0.1) is 11.3 Å². The fourth-order valence-electron chi connectivity index (χ4n) is 2.72. The molecular weight excluding hydrogens is 244 g/mol. The number of nitrogens with zero attached hydrogens (tertiary/aromatic N) is 1. The van der Waals surface area contributed by atoms with Gasteiger partial charge in [0.15, 0.2) is 0 Å². The van der Waals surface area contributed by atoms with Crippen LogP contribution >= 0.6 is 11.3 Å². The van der Waals surface area contributed by atoms with Crippen LogP contribution in [-0.2, 0) is 4.79 Å². The Hall–Kier alpha value is -0.870. The molecule has 100 valence electrons. The van der Waals surface area contributed by atoms with E-state index in [1.54, 1.807) is 11.3 Å². The van der Waals surface area contributed by atoms with E-state index < -0.39 is 0 Å². The Balaban J connectivity index is 2.16. The molecule has 1 saturated heterocycles. The third-order valence-electron chi connectivity index (χ3n) is 3.49. The lowest BCUT2D eigenvalue weighted by molar-refractivity contribution is -0.132. The maximum absolute atomic E-state index is 12.4. The topological polar surface area (TPSA) is 32.3 Å². The second kappa shape index (κ2) is 5.85. The van der Waals surface area contributed by atoms with Gasteiger partial charge in [-0.3, -0.25) is 4.79 Å². The highest BCUT2D eigenvalue weighted by molar-refractivity contribution is 7.10. The first-order valence-electron chi connectivity index (χ1n) is 6.72. The number of carbonyl (C=O) groups is 1. The second-order valence-electron chi connectivity index (χ2n) is 5.13. The van der Waals surface area contributed by atoms with Gasteiger partial charge in [-0.05, 0) is 30.3 Å². The Morgan fingerprint density at radius 3 is 2.89 bits per heavy atom. The van der Waals surface area contributed by atoms with E-state index in [2.05, 4.69) is 48.5 Å². The maximum Gasteiger partial charge on any atom is 0.240 e. The summed E-state index contributed by atoms with van der Waals surface area (Å²) in [4.78, 5) is 15.8. The molecule has 4 heteroatoms. The molecule has 2 unspecified atom stereocenters. The number of rotatable bonds is 5. The molecule has 3 nitrogen and oxygen atoms in total. The van der Waals surface area contributed by atoms with E-state index in [9.17, 15) is 4.79 Å². The van der Waals surface area contributed by atoms with Gasteiger partial charge in [0.25, 0.3) is 0 Å². The van der Waals surface area contributed by atoms with Crippen molar-refractivity contribution in [3.63, 3.8) is 0 Å². The van der Waals surface area contributed by atoms with Gasteiger partial charge in [-0.2, -0.15) is 0 Å². The fourth-order valence-corrected chi connectivity index (χ4v) is 3.73. The summed E-state index contributed by atoms with van der Waals surface area (Å²) in [7, 11) is 0. The molecule has 0 spiro atoms. The SMILES string of the molecule is CCNC1CCN(C(c2cccs2)C(C)C)C1=O. The lowest BCUT2D eigenvalue weighted by Gasteiger charge is -2.30. The van der Waals surface area contributed by atoms with E-state index in [-0.39, 0.29) is 18.0 Å². The molecule has 0 bridgehead atoms. The van der Waals surface area contributed by atoms with E-state index >= 15 is 0 Å². The Bertz CT molecular complexity index is 389. The first-order chi connectivity index (χ1) is 8.65. The van der Waals surface area contributed by atoms with Gasteiger partial charge in [0, 0.05) is 11.4 Å². The summed E-state index contributed by atoms with van der Waals surface area (Å²) >= 11 is 1.75. The van der Waals surface area contributed by atoms with Crippen LogP contribution in [0.1, 0.15) is 38.1 Å². The fraction of sp³-hybridized carbons (Fsp3) is 0.643. The van der Waals surface area contributed by atoms with Crippen molar-refractivity contribution >= 4 is 17.2 Å². The van der Waals surface area contributed by atoms with Crippen LogP contribution in [-0.4, -0.2) is 29.9 Å². The van der Waals surface area contributed by atoms with Crippen LogP contribution in [0.25, 0.3) is 0 Å². The van der Waals surface area contributed by atoms with Crippen LogP contribution in [0.3, 0.4) is 0 Å². The zero-order valence-corrected chi connectivity index (χ0v) is 12.2. The molecule has 1 aliphatic heterocycles. The predicted molar refractivity (Wildman–Crippen MR) is 75.7 cm³/mol. The van der Waals surface area contributed by atoms with Crippen LogP contribution in [0.4, 0.5) is 0 Å². The average Bonchev–Trinajstić information content (AvgIpc) is 2.94. The molecule has 1 aliphatic rings. The van der Waals surface area contributed by atoms with E-state index in [0.717, 1.165) is 19.5 Å². The van der Waals surface area contributed by atoms with Crippen LogP contribution < -0.4 is 5.32 Å². The highest BCUT2D eigenvalue weighted by Crippen LogP contribution is 2.34. The van der Waals surface area contributed by atoms with Crippen LogP contribution in [0, 0.1) is 5.92 Å². The largest absolute Gasteiger partial charge is 0.333 e. The van der Waals surface area contributed by atoms with E-state index in [1.807, 2.05) is 0 Å². The van der Waals surface area contributed by atoms with Crippen LogP contribution in [0.15, 0.2) is 17.5 Å². The van der Waals surface area contributed by atoms with Crippen molar-refractivity contribution < 1.29 is 4.79 Å². The van der Waals surface area contributed by atoms with Gasteiger partial charge in [-0.1, -0.05) is 26.8 Å². The molecule has 0 aromatic carbocycles. The Kier molecular flexibility index (Phi) is 4.40. The Morgan fingerprint density at radius 1 is 1.56 bits per heavy atom. The van der Waals surface area contributed by atoms with Crippen LogP contribution in [0.2, 0.25) is 0 Å². The van der Waals surface area contributed by atoms with Crippen molar-refractivity contribution in [3.05, 3.63) is 22.4 Å². The summed E-state index contributed by atoms with van der Waals surface area (Å²) in [6, 6.07) is 4.47. The second-order valence-corrected chi connectivity index (χ2v) is 6.11. The molecule has 1 N–H and O–H groups in total. The summed E-state index contributed by atoms with van der Waals surface area (Å²) in [5.74, 6) is 0.719. The Morgan fingerprint density at radius 2 is 2.33 bits per heavy atom. The third-order valence-corrected chi connectivity index (χ3v) is 4.44. The summed E-state index contributed by atoms with van der Waals surface area (Å²) in [5.41, 5.74) is 0. The van der Waals surface area contributed by atoms with Crippen molar-refractivity contribution in [1.82, 2.24) is 10.2 Å². The zero-order valence-electron chi connectivity index (χ0n) is 11.3. The van der Waals surface area contributed by atoms with Crippen molar-refractivity contribution in [2.24, 2.45) is 5.92 Å². The minimum atomic E-state index is 0.0243. The molecule has 2 heterocycles. The Labute approximate surface area is 113 Å². The molecular formula is C14H22N2OS. The highest BCUT2D eigenvalue weighted by Gasteiger charge is 2.37. The monoisotopic (exact) mass is 266 g/mol. The molecule has 1 amide bonds. The maximum atomic E-state index is 12.4. The molecule has 1 aromatic heterocycles. The molecule has 0 aliphatic carbocycles. The standard InChI is InChI=1S/C14H22N2OS/c1-4-15-11-7-8-16(14(11)17)13(10(2)3)12-6-5-9-18-12/h5-6,9-11,13,15H,4,7-8H2,1-3H3. The summed E-state index contributed by atoms with van der Waals surface area (Å²) < 4.78 is 0. The molecule has 0 saturated carbocycles. The molecule has 0 radical (unpaired) electrons. The van der Waals surface area contributed by atoms with E-state index in [1.165, 1.54) is 4.88 Å². The minimum Gasteiger partial charge on any atom is -0.333 e. The zero-order chi connectivity index (χ0) is 13.1. The predicted octanol–water partition coefficient (Wildman–Crippen LogP) is 2.66. The number of amides is 1. The smallest absolute Gasteiger partial charge is 0.240 e. The van der Waals surface area contributed by atoms with Gasteiger partial charge in [-0.25, -0.2) is 0 Å². The van der Waals surface area contributed by atoms with Crippen molar-refractivity contribution in [2.45, 2.75) is 39.3 Å². The number of hydrogen-bond acceptors (Lipinski definition) is 3. The van der Waals surface area contributed by atoms with Gasteiger partial charge in [0.2, 0.25) is 5.91 Å². The molecule has 1 fully saturated rings. The van der Waals surface area contributed by atoms with Crippen LogP contribution in [0.5, 0.6) is 0 Å². The highest BCUT2D eigenvalue weighted by atomic mass is 32.1. The first kappa shape index (κ1) is 13.6. The number of thiophene rings is 1. The van der Waals surface area contributed by atoms with Crippen molar-refractivity contribution in [3.8, 4) is 0 Å². The number of hydrogen-bond donors (Lipinski definition) is 1. The summed E-state index contributed by atoms with van der Waals surface area (Å²) in [6.07, 6.45) is 0.932. The van der Waals surface area contributed by atoms with Gasteiger partial charge in [0.1, 0.15) is 0 Å². The molecule has 1 aromatic rings. The van der Waals surface area contributed by atoms with E-state index in [4.69, 9.17) is 0 Å². The molecule has 18 heavy (non-hydrogen) atoms. The lowest BCUT2D eigenvalue weighted by Crippen LogP contribution is -2.40. The molecule has 2 rings (SSSR count). The van der Waals surface area contributed by atoms with Gasteiger partial charge < -0.3 is 10.2 Å². The van der Waals surface area contributed by atoms with E-state index in [0.29, 0.717) is 5.92 Å². The van der Waals surface area contributed by atoms with Crippen molar-refractivity contribution in [1.29, 1.82) is 0 Å². The average molecular weight is 266 g/mol. The number of likely N-dealkylation sites (tertiary alicyclic amines) is 1. The lowest BCUT2D eigenvalue weighted by atomic mass is 10.0. The number of likely N-dealkylation sites (N-methyl/N-ethyl adjacent to an activating group) is 1. The quantitative estimate of drug-likeness (QED) is 0.888. The van der Waals surface area contributed by atoms with Gasteiger partial charge >= 0.3 is 0 Å². The molecule has 2 atom stereocenters. The number of nitrogens with one attached hydrogen (secondary N) is 1. The normalized spacial score (nSPS) is 21.9. The summed E-state index contributed by atoms with van der Waals surface area (Å²) in [6.45, 7) is 8.17. The van der Waals surface area contributed by atoms with Crippen molar-refractivity contribution in [2.75, 3.05) is 13.1 Å².